The van der Waals surface area contributed by atoms with E-state index in [1.54, 1.807) is 24.3 Å². The zero-order chi connectivity index (χ0) is 20.7. The average Bonchev–Trinajstić information content (AvgIpc) is 2.73. The van der Waals surface area contributed by atoms with E-state index in [0.717, 1.165) is 44.8 Å². The van der Waals surface area contributed by atoms with Gasteiger partial charge in [0.1, 0.15) is 13.1 Å². The molecule has 7 nitrogen and oxygen atoms in total. The Labute approximate surface area is 172 Å². The van der Waals surface area contributed by atoms with E-state index in [-0.39, 0.29) is 10.8 Å². The Bertz CT molecular complexity index is 906. The molecule has 0 aromatic heterocycles. The molecule has 29 heavy (non-hydrogen) atoms. The van der Waals surface area contributed by atoms with Crippen molar-refractivity contribution in [2.24, 2.45) is 0 Å². The Kier molecular flexibility index (Phi) is 7.38. The number of amides is 1. The predicted octanol–water partition coefficient (Wildman–Crippen LogP) is 0.831. The quantitative estimate of drug-likeness (QED) is 0.554. The van der Waals surface area contributed by atoms with Crippen LogP contribution in [0.4, 0.5) is 5.69 Å². The molecular formula is C21H28N3O4S+. The predicted molar refractivity (Wildman–Crippen MR) is 112 cm³/mol. The van der Waals surface area contributed by atoms with Crippen LogP contribution in [0.5, 0.6) is 0 Å². The van der Waals surface area contributed by atoms with Crippen LogP contribution in [0.3, 0.4) is 0 Å². The molecular weight excluding hydrogens is 390 g/mol. The first-order valence-electron chi connectivity index (χ1n) is 9.83. The highest BCUT2D eigenvalue weighted by Gasteiger charge is 2.16. The van der Waals surface area contributed by atoms with Crippen LogP contribution in [0, 0.1) is 6.92 Å². The molecule has 156 valence electrons. The summed E-state index contributed by atoms with van der Waals surface area (Å²) in [6, 6.07) is 13.4. The first-order valence-corrected chi connectivity index (χ1v) is 11.3. The van der Waals surface area contributed by atoms with E-state index in [0.29, 0.717) is 17.8 Å². The van der Waals surface area contributed by atoms with Gasteiger partial charge in [-0.15, -0.1) is 0 Å². The second-order valence-electron chi connectivity index (χ2n) is 7.21. The summed E-state index contributed by atoms with van der Waals surface area (Å²) in [5, 5.41) is 2.78. The zero-order valence-corrected chi connectivity index (χ0v) is 17.4. The Morgan fingerprint density at radius 3 is 2.34 bits per heavy atom. The maximum Gasteiger partial charge on any atom is 0.255 e. The van der Waals surface area contributed by atoms with E-state index in [4.69, 9.17) is 4.74 Å². The molecule has 0 atom stereocenters. The number of quaternary nitrogens is 1. The number of ether oxygens (including phenoxy) is 1. The van der Waals surface area contributed by atoms with Crippen LogP contribution < -0.4 is 14.9 Å². The van der Waals surface area contributed by atoms with Crippen molar-refractivity contribution in [2.75, 3.05) is 44.7 Å². The molecule has 8 heteroatoms. The first kappa shape index (κ1) is 21.4. The van der Waals surface area contributed by atoms with E-state index in [1.807, 2.05) is 19.1 Å². The van der Waals surface area contributed by atoms with Crippen LogP contribution in [0.15, 0.2) is 53.4 Å². The summed E-state index contributed by atoms with van der Waals surface area (Å²) in [6.45, 7) is 6.78. The number of aryl methyl sites for hydroxylation is 1. The van der Waals surface area contributed by atoms with E-state index in [9.17, 15) is 13.2 Å². The Hall–Kier alpha value is -2.26. The minimum Gasteiger partial charge on any atom is -0.370 e. The number of rotatable bonds is 8. The van der Waals surface area contributed by atoms with Gasteiger partial charge in [-0.05, 0) is 43.3 Å². The van der Waals surface area contributed by atoms with Crippen molar-refractivity contribution in [1.82, 2.24) is 4.72 Å². The van der Waals surface area contributed by atoms with Crippen molar-refractivity contribution in [2.45, 2.75) is 18.2 Å². The number of anilines is 1. The molecule has 2 aromatic rings. The van der Waals surface area contributed by atoms with E-state index < -0.39 is 10.0 Å². The van der Waals surface area contributed by atoms with Gasteiger partial charge in [-0.25, -0.2) is 13.1 Å². The summed E-state index contributed by atoms with van der Waals surface area (Å²) in [7, 11) is -3.56. The first-order chi connectivity index (χ1) is 13.9. The molecule has 0 saturated carbocycles. The number of hydrogen-bond acceptors (Lipinski definition) is 4. The number of sulfonamides is 1. The highest BCUT2D eigenvalue weighted by atomic mass is 32.2. The van der Waals surface area contributed by atoms with Gasteiger partial charge >= 0.3 is 0 Å². The van der Waals surface area contributed by atoms with Gasteiger partial charge in [0.25, 0.3) is 5.91 Å². The normalized spacial score (nSPS) is 15.2. The van der Waals surface area contributed by atoms with E-state index in [2.05, 4.69) is 10.0 Å². The summed E-state index contributed by atoms with van der Waals surface area (Å²) in [5.74, 6) is -0.232. The largest absolute Gasteiger partial charge is 0.370 e. The highest BCUT2D eigenvalue weighted by Crippen LogP contribution is 2.15. The minimum absolute atomic E-state index is 0.185. The molecule has 0 spiro atoms. The molecule has 1 heterocycles. The van der Waals surface area contributed by atoms with Gasteiger partial charge in [-0.3, -0.25) is 4.79 Å². The van der Waals surface area contributed by atoms with Crippen LogP contribution in [-0.2, 0) is 14.8 Å². The van der Waals surface area contributed by atoms with Gasteiger partial charge < -0.3 is 15.0 Å². The Morgan fingerprint density at radius 1 is 1.03 bits per heavy atom. The molecule has 1 aliphatic rings. The fraction of sp³-hybridized carbons (Fsp3) is 0.381. The molecule has 1 amide bonds. The molecule has 2 aromatic carbocycles. The number of carbonyl (C=O) groups is 1. The molecule has 1 fully saturated rings. The highest BCUT2D eigenvalue weighted by molar-refractivity contribution is 7.89. The lowest BCUT2D eigenvalue weighted by atomic mass is 10.1. The van der Waals surface area contributed by atoms with Gasteiger partial charge in [0, 0.05) is 24.2 Å². The lowest BCUT2D eigenvalue weighted by Crippen LogP contribution is -3.14. The third-order valence-electron chi connectivity index (χ3n) is 4.94. The van der Waals surface area contributed by atoms with Crippen molar-refractivity contribution in [3.05, 3.63) is 59.7 Å². The van der Waals surface area contributed by atoms with Crippen molar-refractivity contribution in [3.63, 3.8) is 0 Å². The van der Waals surface area contributed by atoms with E-state index in [1.165, 1.54) is 17.0 Å². The standard InChI is InChI=1S/C21H27N3O4S/c1-17-3-5-18(6-4-17)21(25)23-19-7-9-20(10-8-19)29(26,27)22-11-2-12-24-13-15-28-16-14-24/h3-10,22H,2,11-16H2,1H3,(H,23,25)/p+1. The lowest BCUT2D eigenvalue weighted by Gasteiger charge is -2.23. The van der Waals surface area contributed by atoms with Crippen LogP contribution in [-0.4, -0.2) is 53.7 Å². The van der Waals surface area contributed by atoms with Crippen LogP contribution >= 0.6 is 0 Å². The van der Waals surface area contributed by atoms with Crippen LogP contribution in [0.2, 0.25) is 0 Å². The second kappa shape index (κ2) is 9.98. The van der Waals surface area contributed by atoms with Crippen LogP contribution in [0.1, 0.15) is 22.3 Å². The molecule has 3 N–H and O–H groups in total. The molecule has 0 unspecified atom stereocenters. The number of benzene rings is 2. The third-order valence-corrected chi connectivity index (χ3v) is 6.41. The van der Waals surface area contributed by atoms with Crippen molar-refractivity contribution in [1.29, 1.82) is 0 Å². The number of hydrogen-bond donors (Lipinski definition) is 3. The zero-order valence-electron chi connectivity index (χ0n) is 16.6. The number of morpholine rings is 1. The lowest BCUT2D eigenvalue weighted by molar-refractivity contribution is -0.908. The van der Waals surface area contributed by atoms with Gasteiger partial charge in [0.05, 0.1) is 24.7 Å². The van der Waals surface area contributed by atoms with Gasteiger partial charge in [0.15, 0.2) is 0 Å². The fourth-order valence-corrected chi connectivity index (χ4v) is 4.24. The summed E-state index contributed by atoms with van der Waals surface area (Å²) >= 11 is 0. The average molecular weight is 419 g/mol. The molecule has 0 bridgehead atoms. The Morgan fingerprint density at radius 2 is 1.69 bits per heavy atom. The van der Waals surface area contributed by atoms with Gasteiger partial charge in [-0.2, -0.15) is 0 Å². The van der Waals surface area contributed by atoms with Gasteiger partial charge in [-0.1, -0.05) is 17.7 Å². The molecule has 0 aliphatic carbocycles. The van der Waals surface area contributed by atoms with Crippen molar-refractivity contribution < 1.29 is 22.8 Å². The maximum atomic E-state index is 12.4. The molecule has 1 aliphatic heterocycles. The molecule has 3 rings (SSSR count). The fourth-order valence-electron chi connectivity index (χ4n) is 3.16. The Balaban J connectivity index is 1.50. The monoisotopic (exact) mass is 418 g/mol. The summed E-state index contributed by atoms with van der Waals surface area (Å²) in [6.07, 6.45) is 0.777. The summed E-state index contributed by atoms with van der Waals surface area (Å²) < 4.78 is 32.9. The second-order valence-corrected chi connectivity index (χ2v) is 8.98. The summed E-state index contributed by atoms with van der Waals surface area (Å²) in [4.78, 5) is 13.9. The smallest absolute Gasteiger partial charge is 0.255 e. The maximum absolute atomic E-state index is 12.4. The minimum atomic E-state index is -3.56. The third kappa shape index (κ3) is 6.37. The summed E-state index contributed by atoms with van der Waals surface area (Å²) in [5.41, 5.74) is 2.18. The van der Waals surface area contributed by atoms with Crippen molar-refractivity contribution in [3.8, 4) is 0 Å². The number of nitrogens with one attached hydrogen (secondary N) is 3. The van der Waals surface area contributed by atoms with E-state index >= 15 is 0 Å². The van der Waals surface area contributed by atoms with Crippen molar-refractivity contribution >= 4 is 21.6 Å². The molecule has 1 saturated heterocycles. The SMILES string of the molecule is Cc1ccc(C(=O)Nc2ccc(S(=O)(=O)NCCC[NH+]3CCOCC3)cc2)cc1. The van der Waals surface area contributed by atoms with Crippen LogP contribution in [0.25, 0.3) is 0 Å². The molecule has 0 radical (unpaired) electrons. The number of carbonyl (C=O) groups excluding carboxylic acids is 1. The van der Waals surface area contributed by atoms with Gasteiger partial charge in [0.2, 0.25) is 10.0 Å². The topological polar surface area (TPSA) is 88.9 Å².